The predicted molar refractivity (Wildman–Crippen MR) is 115 cm³/mol. The fourth-order valence-corrected chi connectivity index (χ4v) is 4.03. The zero-order chi connectivity index (χ0) is 22.6. The van der Waals surface area contributed by atoms with Gasteiger partial charge in [0.15, 0.2) is 11.4 Å². The number of rotatable bonds is 4. The van der Waals surface area contributed by atoms with Gasteiger partial charge >= 0.3 is 6.01 Å². The minimum atomic E-state index is -0.927. The summed E-state index contributed by atoms with van der Waals surface area (Å²) in [6.45, 7) is 3.10. The van der Waals surface area contributed by atoms with Crippen molar-refractivity contribution >= 4 is 34.4 Å². The maximum atomic E-state index is 13.2. The summed E-state index contributed by atoms with van der Waals surface area (Å²) in [5.74, 6) is -1.95. The van der Waals surface area contributed by atoms with Crippen LogP contribution in [-0.2, 0) is 9.59 Å². The van der Waals surface area contributed by atoms with E-state index in [-0.39, 0.29) is 23.8 Å². The lowest BCUT2D eigenvalue weighted by atomic mass is 9.98. The number of aromatic amines is 1. The average molecular weight is 430 g/mol. The van der Waals surface area contributed by atoms with Gasteiger partial charge in [0.2, 0.25) is 11.8 Å². The first kappa shape index (κ1) is 19.7. The summed E-state index contributed by atoms with van der Waals surface area (Å²) in [6.07, 6.45) is -0.130. The largest absolute Gasteiger partial charge is 0.422 e. The molecule has 1 aliphatic heterocycles. The van der Waals surface area contributed by atoms with Crippen molar-refractivity contribution in [2.45, 2.75) is 26.2 Å². The lowest BCUT2D eigenvalue weighted by molar-refractivity contribution is -0.121. The highest BCUT2D eigenvalue weighted by Crippen LogP contribution is 2.33. The molecule has 2 amide bonds. The molecule has 1 unspecified atom stereocenters. The molecular weight excluding hydrogens is 412 g/mol. The van der Waals surface area contributed by atoms with Gasteiger partial charge in [0.1, 0.15) is 5.52 Å². The Bertz CT molecular complexity index is 1420. The Morgan fingerprint density at radius 3 is 2.50 bits per heavy atom. The Balaban J connectivity index is 1.51. The highest BCUT2D eigenvalue weighted by Gasteiger charge is 2.43. The molecule has 4 aromatic rings. The third kappa shape index (κ3) is 2.97. The summed E-state index contributed by atoms with van der Waals surface area (Å²) >= 11 is 0. The number of hydrogen-bond donors (Lipinski definition) is 1. The van der Waals surface area contributed by atoms with Gasteiger partial charge in [-0.05, 0) is 50.2 Å². The van der Waals surface area contributed by atoms with Crippen molar-refractivity contribution in [1.82, 2.24) is 14.8 Å². The molecule has 32 heavy (non-hydrogen) atoms. The Labute approximate surface area is 181 Å². The van der Waals surface area contributed by atoms with E-state index in [1.54, 1.807) is 49.4 Å². The maximum Gasteiger partial charge on any atom is 0.325 e. The van der Waals surface area contributed by atoms with E-state index in [1.807, 2.05) is 6.07 Å². The number of para-hydroxylation sites is 2. The summed E-state index contributed by atoms with van der Waals surface area (Å²) in [4.78, 5) is 55.9. The van der Waals surface area contributed by atoms with E-state index in [4.69, 9.17) is 4.42 Å². The Morgan fingerprint density at radius 1 is 1.09 bits per heavy atom. The molecular formula is C23H18N4O5. The van der Waals surface area contributed by atoms with Crippen LogP contribution in [0.3, 0.4) is 0 Å². The Hall–Kier alpha value is -4.27. The molecule has 1 atom stereocenters. The summed E-state index contributed by atoms with van der Waals surface area (Å²) in [5.41, 5.74) is 2.12. The molecule has 9 heteroatoms. The zero-order valence-corrected chi connectivity index (χ0v) is 17.3. The van der Waals surface area contributed by atoms with E-state index in [0.29, 0.717) is 28.0 Å². The molecule has 1 fully saturated rings. The molecule has 5 rings (SSSR count). The van der Waals surface area contributed by atoms with E-state index < -0.39 is 23.3 Å². The van der Waals surface area contributed by atoms with Gasteiger partial charge in [-0.15, -0.1) is 0 Å². The first-order valence-corrected chi connectivity index (χ1v) is 10.0. The van der Waals surface area contributed by atoms with Crippen molar-refractivity contribution in [3.63, 3.8) is 0 Å². The van der Waals surface area contributed by atoms with Crippen molar-refractivity contribution in [1.29, 1.82) is 0 Å². The highest BCUT2D eigenvalue weighted by molar-refractivity contribution is 6.22. The third-order valence-corrected chi connectivity index (χ3v) is 5.62. The SMILES string of the molecule is CC(=O)c1ccc(N2C(=O)CC(c3c(C)[nH]n(-c4nc5ccccc5o4)c3=O)C2=O)cc1. The molecule has 1 aliphatic rings. The van der Waals surface area contributed by atoms with Crippen molar-refractivity contribution in [3.05, 3.63) is 75.7 Å². The van der Waals surface area contributed by atoms with Gasteiger partial charge in [0, 0.05) is 17.7 Å². The topological polar surface area (TPSA) is 118 Å². The number of ketones is 1. The number of carbonyl (C=O) groups is 3. The molecule has 2 aromatic carbocycles. The molecule has 9 nitrogen and oxygen atoms in total. The lowest BCUT2D eigenvalue weighted by Crippen LogP contribution is -2.31. The van der Waals surface area contributed by atoms with Crippen LogP contribution in [0, 0.1) is 6.92 Å². The van der Waals surface area contributed by atoms with E-state index in [1.165, 1.54) is 6.92 Å². The van der Waals surface area contributed by atoms with Gasteiger partial charge in [-0.2, -0.15) is 9.67 Å². The van der Waals surface area contributed by atoms with Crippen LogP contribution in [-0.4, -0.2) is 32.4 Å². The monoisotopic (exact) mass is 430 g/mol. The van der Waals surface area contributed by atoms with Gasteiger partial charge in [0.25, 0.3) is 5.56 Å². The van der Waals surface area contributed by atoms with Gasteiger partial charge in [0.05, 0.1) is 17.2 Å². The molecule has 0 radical (unpaired) electrons. The van der Waals surface area contributed by atoms with Gasteiger partial charge in [-0.1, -0.05) is 12.1 Å². The quantitative estimate of drug-likeness (QED) is 0.393. The molecule has 0 spiro atoms. The van der Waals surface area contributed by atoms with E-state index >= 15 is 0 Å². The fourth-order valence-electron chi connectivity index (χ4n) is 4.03. The standard InChI is InChI=1S/C23H18N4O5/c1-12-20(22(31)27(25-12)23-24-17-5-3-4-6-18(17)32-23)16-11-19(29)26(21(16)30)15-9-7-14(8-10-15)13(2)28/h3-10,16,25H,11H2,1-2H3. The highest BCUT2D eigenvalue weighted by atomic mass is 16.4. The summed E-state index contributed by atoms with van der Waals surface area (Å²) in [5, 5.41) is 2.91. The summed E-state index contributed by atoms with van der Waals surface area (Å²) < 4.78 is 6.81. The third-order valence-electron chi connectivity index (χ3n) is 5.62. The fraction of sp³-hybridized carbons (Fsp3) is 0.174. The Morgan fingerprint density at radius 2 is 1.81 bits per heavy atom. The van der Waals surface area contributed by atoms with E-state index in [2.05, 4.69) is 10.1 Å². The number of H-pyrrole nitrogens is 1. The number of amides is 2. The van der Waals surface area contributed by atoms with Crippen molar-refractivity contribution in [2.75, 3.05) is 4.90 Å². The first-order chi connectivity index (χ1) is 15.3. The molecule has 2 aromatic heterocycles. The lowest BCUT2D eigenvalue weighted by Gasteiger charge is -2.15. The zero-order valence-electron chi connectivity index (χ0n) is 17.3. The predicted octanol–water partition coefficient (Wildman–Crippen LogP) is 2.86. The molecule has 160 valence electrons. The number of fused-ring (bicyclic) bond motifs is 1. The number of benzene rings is 2. The van der Waals surface area contributed by atoms with Crippen LogP contribution in [0.5, 0.6) is 0 Å². The van der Waals surface area contributed by atoms with Gasteiger partial charge < -0.3 is 4.42 Å². The molecule has 3 heterocycles. The van der Waals surface area contributed by atoms with Crippen LogP contribution in [0.25, 0.3) is 17.1 Å². The van der Waals surface area contributed by atoms with Crippen LogP contribution in [0.2, 0.25) is 0 Å². The van der Waals surface area contributed by atoms with Crippen molar-refractivity contribution in [3.8, 4) is 6.01 Å². The number of carbonyl (C=O) groups excluding carboxylic acids is 3. The molecule has 0 bridgehead atoms. The number of aryl methyl sites for hydroxylation is 1. The number of aromatic nitrogens is 3. The first-order valence-electron chi connectivity index (χ1n) is 10.0. The second kappa shape index (κ2) is 7.16. The minimum absolute atomic E-state index is 0.0546. The molecule has 0 aliphatic carbocycles. The molecule has 1 N–H and O–H groups in total. The van der Waals surface area contributed by atoms with Crippen LogP contribution in [0.1, 0.15) is 40.9 Å². The Kier molecular flexibility index (Phi) is 4.40. The molecule has 0 saturated carbocycles. The van der Waals surface area contributed by atoms with Crippen LogP contribution >= 0.6 is 0 Å². The van der Waals surface area contributed by atoms with Crippen molar-refractivity contribution < 1.29 is 18.8 Å². The van der Waals surface area contributed by atoms with Gasteiger partial charge in [-0.25, -0.2) is 0 Å². The van der Waals surface area contributed by atoms with Crippen LogP contribution in [0.15, 0.2) is 57.7 Å². The van der Waals surface area contributed by atoms with E-state index in [0.717, 1.165) is 9.58 Å². The number of nitrogens with zero attached hydrogens (tertiary/aromatic N) is 3. The number of imide groups is 1. The second-order valence-electron chi connectivity index (χ2n) is 7.68. The second-order valence-corrected chi connectivity index (χ2v) is 7.68. The summed E-state index contributed by atoms with van der Waals surface area (Å²) in [7, 11) is 0. The summed E-state index contributed by atoms with van der Waals surface area (Å²) in [6, 6.07) is 13.4. The number of Topliss-reactive ketones (excluding diaryl/α,β-unsaturated/α-hetero) is 1. The number of hydrogen-bond acceptors (Lipinski definition) is 6. The van der Waals surface area contributed by atoms with Crippen molar-refractivity contribution in [2.24, 2.45) is 0 Å². The normalized spacial score (nSPS) is 16.3. The average Bonchev–Trinajstić information content (AvgIpc) is 3.41. The van der Waals surface area contributed by atoms with Gasteiger partial charge in [-0.3, -0.25) is 29.2 Å². The van der Waals surface area contributed by atoms with Crippen LogP contribution in [0.4, 0.5) is 5.69 Å². The van der Waals surface area contributed by atoms with Crippen LogP contribution < -0.4 is 10.5 Å². The minimum Gasteiger partial charge on any atom is -0.422 e. The molecule has 1 saturated heterocycles. The number of oxazole rings is 1. The maximum absolute atomic E-state index is 13.2. The smallest absolute Gasteiger partial charge is 0.325 e. The van der Waals surface area contributed by atoms with E-state index in [9.17, 15) is 19.2 Å². The number of anilines is 1. The number of nitrogens with one attached hydrogen (secondary N) is 1.